The lowest BCUT2D eigenvalue weighted by Gasteiger charge is -2.22. The van der Waals surface area contributed by atoms with Crippen LogP contribution in [0.3, 0.4) is 0 Å². The zero-order valence-corrected chi connectivity index (χ0v) is 8.35. The van der Waals surface area contributed by atoms with Gasteiger partial charge in [-0.1, -0.05) is 6.92 Å². The molecule has 0 bridgehead atoms. The average Bonchev–Trinajstić information content (AvgIpc) is 2.59. The molecule has 0 aliphatic carbocycles. The van der Waals surface area contributed by atoms with Gasteiger partial charge in [0, 0.05) is 6.20 Å². The second-order valence-corrected chi connectivity index (χ2v) is 3.45. The van der Waals surface area contributed by atoms with Crippen LogP contribution in [0.5, 0.6) is 0 Å². The van der Waals surface area contributed by atoms with Crippen molar-refractivity contribution in [1.29, 1.82) is 0 Å². The minimum atomic E-state index is -4.56. The Morgan fingerprint density at radius 3 is 2.75 bits per heavy atom. The number of fused-ring (bicyclic) bond motifs is 1. The first-order chi connectivity index (χ1) is 7.41. The van der Waals surface area contributed by atoms with Crippen molar-refractivity contribution >= 4 is 5.84 Å². The van der Waals surface area contributed by atoms with Gasteiger partial charge in [0.1, 0.15) is 6.17 Å². The van der Waals surface area contributed by atoms with E-state index >= 15 is 0 Å². The van der Waals surface area contributed by atoms with Crippen molar-refractivity contribution in [3.8, 4) is 0 Å². The molecule has 2 heterocycles. The molecule has 0 aromatic rings. The van der Waals surface area contributed by atoms with E-state index in [0.717, 1.165) is 11.2 Å². The van der Waals surface area contributed by atoms with Gasteiger partial charge >= 0.3 is 6.18 Å². The molecule has 0 aromatic heterocycles. The van der Waals surface area contributed by atoms with E-state index in [0.29, 0.717) is 12.5 Å². The predicted molar refractivity (Wildman–Crippen MR) is 49.8 cm³/mol. The number of nitrogens with zero attached hydrogens (tertiary/aromatic N) is 2. The normalized spacial score (nSPS) is 24.9. The molecule has 3 nitrogen and oxygen atoms in total. The maximum Gasteiger partial charge on any atom is 0.417 e. The molecule has 0 spiro atoms. The summed E-state index contributed by atoms with van der Waals surface area (Å²) in [7, 11) is 0. The summed E-state index contributed by atoms with van der Waals surface area (Å²) in [6.07, 6.45) is -3.11. The van der Waals surface area contributed by atoms with Gasteiger partial charge in [-0.25, -0.2) is 14.8 Å². The fourth-order valence-corrected chi connectivity index (χ4v) is 1.45. The van der Waals surface area contributed by atoms with Crippen LogP contribution in [-0.2, 0) is 0 Å². The van der Waals surface area contributed by atoms with Gasteiger partial charge in [-0.2, -0.15) is 13.2 Å². The van der Waals surface area contributed by atoms with Crippen molar-refractivity contribution in [2.75, 3.05) is 0 Å². The number of nitrogens with one attached hydrogen (secondary N) is 1. The molecular weight excluding hydrogens is 226 g/mol. The highest BCUT2D eigenvalue weighted by molar-refractivity contribution is 5.99. The second kappa shape index (κ2) is 3.58. The van der Waals surface area contributed by atoms with Crippen molar-refractivity contribution < 1.29 is 17.6 Å². The molecule has 0 aromatic carbocycles. The standard InChI is InChI=1S/C9H9F4N3/c1-2-7-14-8-6(10)3-5(9(11,12)13)4-16(8)15-7/h3-4,7,15H,2H2,1H3. The molecule has 88 valence electrons. The van der Waals surface area contributed by atoms with Crippen molar-refractivity contribution in [3.63, 3.8) is 0 Å². The predicted octanol–water partition coefficient (Wildman–Crippen LogP) is 2.25. The highest BCUT2D eigenvalue weighted by Crippen LogP contribution is 2.32. The largest absolute Gasteiger partial charge is 0.417 e. The van der Waals surface area contributed by atoms with E-state index < -0.39 is 17.6 Å². The Bertz CT molecular complexity index is 394. The lowest BCUT2D eigenvalue weighted by Crippen LogP contribution is -2.39. The molecule has 0 fully saturated rings. The molecular formula is C9H9F4N3. The molecule has 0 saturated heterocycles. The van der Waals surface area contributed by atoms with Crippen LogP contribution >= 0.6 is 0 Å². The van der Waals surface area contributed by atoms with Gasteiger partial charge < -0.3 is 0 Å². The smallest absolute Gasteiger partial charge is 0.262 e. The maximum absolute atomic E-state index is 13.3. The Labute approximate surface area is 89.1 Å². The highest BCUT2D eigenvalue weighted by Gasteiger charge is 2.38. The van der Waals surface area contributed by atoms with Crippen LogP contribution in [0.1, 0.15) is 13.3 Å². The third-order valence-electron chi connectivity index (χ3n) is 2.27. The van der Waals surface area contributed by atoms with Crippen molar-refractivity contribution in [2.24, 2.45) is 4.99 Å². The Balaban J connectivity index is 2.31. The molecule has 2 aliphatic rings. The minimum absolute atomic E-state index is 0.0974. The summed E-state index contributed by atoms with van der Waals surface area (Å²) in [5.74, 6) is -1.07. The van der Waals surface area contributed by atoms with Crippen LogP contribution in [-0.4, -0.2) is 23.2 Å². The molecule has 1 N–H and O–H groups in total. The van der Waals surface area contributed by atoms with Gasteiger partial charge in [0.25, 0.3) is 0 Å². The van der Waals surface area contributed by atoms with E-state index in [9.17, 15) is 17.6 Å². The first-order valence-electron chi connectivity index (χ1n) is 4.71. The number of hydrogen-bond donors (Lipinski definition) is 1. The van der Waals surface area contributed by atoms with Crippen LogP contribution in [0.4, 0.5) is 17.6 Å². The van der Waals surface area contributed by atoms with Crippen molar-refractivity contribution in [3.05, 3.63) is 23.7 Å². The van der Waals surface area contributed by atoms with Crippen molar-refractivity contribution in [1.82, 2.24) is 10.4 Å². The number of hydrogen-bond acceptors (Lipinski definition) is 3. The summed E-state index contributed by atoms with van der Waals surface area (Å²) in [6, 6.07) is 0. The zero-order chi connectivity index (χ0) is 11.9. The van der Waals surface area contributed by atoms with Crippen LogP contribution in [0.2, 0.25) is 0 Å². The number of aliphatic imine (C=N–C) groups is 1. The van der Waals surface area contributed by atoms with Gasteiger partial charge in [-0.3, -0.25) is 5.01 Å². The lowest BCUT2D eigenvalue weighted by atomic mass is 10.2. The number of amidine groups is 1. The molecule has 0 radical (unpaired) electrons. The first-order valence-corrected chi connectivity index (χ1v) is 4.71. The Kier molecular flexibility index (Phi) is 2.49. The monoisotopic (exact) mass is 235 g/mol. The molecule has 16 heavy (non-hydrogen) atoms. The molecule has 2 aliphatic heterocycles. The van der Waals surface area contributed by atoms with Gasteiger partial charge in [0.15, 0.2) is 11.7 Å². The Morgan fingerprint density at radius 2 is 2.19 bits per heavy atom. The summed E-state index contributed by atoms with van der Waals surface area (Å²) in [6.45, 7) is 1.80. The van der Waals surface area contributed by atoms with E-state index in [2.05, 4.69) is 10.4 Å². The van der Waals surface area contributed by atoms with Gasteiger partial charge in [-0.05, 0) is 12.5 Å². The van der Waals surface area contributed by atoms with E-state index in [1.807, 2.05) is 0 Å². The lowest BCUT2D eigenvalue weighted by molar-refractivity contribution is -0.0895. The van der Waals surface area contributed by atoms with Gasteiger partial charge in [0.05, 0.1) is 5.57 Å². The zero-order valence-electron chi connectivity index (χ0n) is 8.35. The molecule has 1 atom stereocenters. The number of hydrazine groups is 1. The fraction of sp³-hybridized carbons (Fsp3) is 0.444. The summed E-state index contributed by atoms with van der Waals surface area (Å²) >= 11 is 0. The third-order valence-corrected chi connectivity index (χ3v) is 2.27. The van der Waals surface area contributed by atoms with Crippen molar-refractivity contribution in [2.45, 2.75) is 25.7 Å². The third kappa shape index (κ3) is 1.82. The topological polar surface area (TPSA) is 27.6 Å². The van der Waals surface area contributed by atoms with E-state index in [1.165, 1.54) is 0 Å². The minimum Gasteiger partial charge on any atom is -0.262 e. The summed E-state index contributed by atoms with van der Waals surface area (Å²) in [4.78, 5) is 3.90. The van der Waals surface area contributed by atoms with E-state index in [4.69, 9.17) is 0 Å². The molecule has 0 saturated carbocycles. The summed E-state index contributed by atoms with van der Waals surface area (Å²) in [5, 5.41) is 0.978. The molecule has 0 amide bonds. The Morgan fingerprint density at radius 1 is 1.50 bits per heavy atom. The second-order valence-electron chi connectivity index (χ2n) is 3.45. The Hall–Kier alpha value is -1.37. The summed E-state index contributed by atoms with van der Waals surface area (Å²) in [5.41, 5.74) is 1.61. The molecule has 2 rings (SSSR count). The number of allylic oxidation sites excluding steroid dienone is 2. The van der Waals surface area contributed by atoms with Crippen LogP contribution in [0.15, 0.2) is 28.7 Å². The SMILES string of the molecule is CCC1N=C2C(F)=CC(C(F)(F)F)=CN2N1. The quantitative estimate of drug-likeness (QED) is 0.706. The highest BCUT2D eigenvalue weighted by atomic mass is 19.4. The molecule has 7 heteroatoms. The number of alkyl halides is 3. The molecule has 1 unspecified atom stereocenters. The summed E-state index contributed by atoms with van der Waals surface area (Å²) < 4.78 is 50.5. The van der Waals surface area contributed by atoms with Crippen LogP contribution in [0.25, 0.3) is 0 Å². The van der Waals surface area contributed by atoms with Gasteiger partial charge in [0.2, 0.25) is 0 Å². The van der Waals surface area contributed by atoms with Gasteiger partial charge in [-0.15, -0.1) is 0 Å². The van der Waals surface area contributed by atoms with E-state index in [-0.39, 0.29) is 12.0 Å². The fourth-order valence-electron chi connectivity index (χ4n) is 1.45. The van der Waals surface area contributed by atoms with E-state index in [1.54, 1.807) is 6.92 Å². The van der Waals surface area contributed by atoms with Crippen LogP contribution < -0.4 is 5.43 Å². The average molecular weight is 235 g/mol. The number of rotatable bonds is 1. The first kappa shape index (κ1) is 11.1. The number of halogens is 4. The van der Waals surface area contributed by atoms with Crippen LogP contribution in [0, 0.1) is 0 Å². The maximum atomic E-state index is 13.3.